The fraction of sp³-hybridized carbons (Fsp3) is 0.333. The molecule has 0 radical (unpaired) electrons. The molecule has 2 aromatic rings. The Morgan fingerprint density at radius 2 is 1.89 bits per heavy atom. The van der Waals surface area contributed by atoms with Crippen molar-refractivity contribution in [2.75, 3.05) is 5.75 Å². The van der Waals surface area contributed by atoms with E-state index in [9.17, 15) is 14.0 Å². The molecular formula is C21H21FN2O2S. The van der Waals surface area contributed by atoms with Gasteiger partial charge in [-0.05, 0) is 49.6 Å². The SMILES string of the molecule is Cc1ccc(C(=O)N2[C@@H](C(=O)NC3CC3)CS[C@@H]2c2cccc(F)c2)cc1. The second-order valence-electron chi connectivity index (χ2n) is 7.12. The Labute approximate surface area is 162 Å². The largest absolute Gasteiger partial charge is 0.352 e. The highest BCUT2D eigenvalue weighted by molar-refractivity contribution is 7.99. The van der Waals surface area contributed by atoms with Crippen molar-refractivity contribution in [1.82, 2.24) is 10.2 Å². The lowest BCUT2D eigenvalue weighted by Gasteiger charge is -2.29. The predicted molar refractivity (Wildman–Crippen MR) is 104 cm³/mol. The third kappa shape index (κ3) is 3.86. The smallest absolute Gasteiger partial charge is 0.255 e. The van der Waals surface area contributed by atoms with E-state index in [0.717, 1.165) is 18.4 Å². The molecule has 1 saturated heterocycles. The summed E-state index contributed by atoms with van der Waals surface area (Å²) in [4.78, 5) is 27.6. The lowest BCUT2D eigenvalue weighted by atomic mass is 10.1. The molecule has 1 heterocycles. The van der Waals surface area contributed by atoms with Gasteiger partial charge < -0.3 is 10.2 Å². The molecule has 0 spiro atoms. The average Bonchev–Trinajstić information content (AvgIpc) is 3.35. The van der Waals surface area contributed by atoms with Crippen LogP contribution in [-0.2, 0) is 4.79 Å². The molecule has 2 amide bonds. The van der Waals surface area contributed by atoms with Gasteiger partial charge in [-0.25, -0.2) is 4.39 Å². The van der Waals surface area contributed by atoms with Crippen LogP contribution in [0.4, 0.5) is 4.39 Å². The van der Waals surface area contributed by atoms with Crippen molar-refractivity contribution in [2.45, 2.75) is 37.2 Å². The van der Waals surface area contributed by atoms with Crippen molar-refractivity contribution < 1.29 is 14.0 Å². The summed E-state index contributed by atoms with van der Waals surface area (Å²) in [6, 6.07) is 13.2. The van der Waals surface area contributed by atoms with Gasteiger partial charge in [0.2, 0.25) is 5.91 Å². The highest BCUT2D eigenvalue weighted by Gasteiger charge is 2.43. The minimum absolute atomic E-state index is 0.121. The molecule has 1 saturated carbocycles. The highest BCUT2D eigenvalue weighted by atomic mass is 32.2. The molecule has 0 aromatic heterocycles. The Bertz CT molecular complexity index is 867. The number of halogens is 1. The van der Waals surface area contributed by atoms with Gasteiger partial charge in [0.25, 0.3) is 5.91 Å². The number of carbonyl (C=O) groups excluding carboxylic acids is 2. The molecule has 2 aromatic carbocycles. The second-order valence-corrected chi connectivity index (χ2v) is 8.23. The summed E-state index contributed by atoms with van der Waals surface area (Å²) in [5.41, 5.74) is 2.29. The van der Waals surface area contributed by atoms with Crippen LogP contribution < -0.4 is 5.32 Å². The van der Waals surface area contributed by atoms with Gasteiger partial charge >= 0.3 is 0 Å². The molecule has 0 bridgehead atoms. The zero-order valence-corrected chi connectivity index (χ0v) is 15.8. The molecule has 1 aliphatic carbocycles. The van der Waals surface area contributed by atoms with Crippen molar-refractivity contribution in [3.05, 3.63) is 71.0 Å². The van der Waals surface area contributed by atoms with Crippen LogP contribution in [0.3, 0.4) is 0 Å². The van der Waals surface area contributed by atoms with Crippen LogP contribution in [0.2, 0.25) is 0 Å². The summed E-state index contributed by atoms with van der Waals surface area (Å²) in [5, 5.41) is 2.62. The minimum atomic E-state index is -0.558. The van der Waals surface area contributed by atoms with Crippen LogP contribution in [-0.4, -0.2) is 34.6 Å². The number of nitrogens with zero attached hydrogens (tertiary/aromatic N) is 1. The van der Waals surface area contributed by atoms with Crippen molar-refractivity contribution in [3.63, 3.8) is 0 Å². The molecule has 27 heavy (non-hydrogen) atoms. The standard InChI is InChI=1S/C21H21FN2O2S/c1-13-5-7-14(8-6-13)20(26)24-18(19(25)23-17-9-10-17)12-27-21(24)15-3-2-4-16(22)11-15/h2-8,11,17-18,21H,9-10,12H2,1H3,(H,23,25)/t18-,21-/m1/s1. The number of carbonyl (C=O) groups is 2. The van der Waals surface area contributed by atoms with E-state index >= 15 is 0 Å². The Morgan fingerprint density at radius 3 is 2.56 bits per heavy atom. The van der Waals surface area contributed by atoms with Gasteiger partial charge in [0.15, 0.2) is 0 Å². The number of thioether (sulfide) groups is 1. The maximum Gasteiger partial charge on any atom is 0.255 e. The van der Waals surface area contributed by atoms with E-state index in [-0.39, 0.29) is 29.0 Å². The van der Waals surface area contributed by atoms with E-state index in [1.807, 2.05) is 19.1 Å². The summed E-state index contributed by atoms with van der Waals surface area (Å²) in [6.45, 7) is 1.96. The number of aryl methyl sites for hydroxylation is 1. The van der Waals surface area contributed by atoms with E-state index in [4.69, 9.17) is 0 Å². The van der Waals surface area contributed by atoms with Crippen molar-refractivity contribution in [1.29, 1.82) is 0 Å². The molecule has 2 fully saturated rings. The first-order chi connectivity index (χ1) is 13.0. The molecule has 1 aliphatic heterocycles. The number of hydrogen-bond donors (Lipinski definition) is 1. The molecule has 2 atom stereocenters. The summed E-state index contributed by atoms with van der Waals surface area (Å²) < 4.78 is 13.8. The van der Waals surface area contributed by atoms with Gasteiger partial charge in [-0.1, -0.05) is 29.8 Å². The number of benzene rings is 2. The van der Waals surface area contributed by atoms with Gasteiger partial charge in [-0.3, -0.25) is 9.59 Å². The van der Waals surface area contributed by atoms with E-state index in [0.29, 0.717) is 16.9 Å². The molecule has 4 rings (SSSR count). The molecule has 2 aliphatic rings. The molecule has 140 valence electrons. The summed E-state index contributed by atoms with van der Waals surface area (Å²) >= 11 is 1.50. The van der Waals surface area contributed by atoms with Crippen LogP contribution in [0.1, 0.15) is 39.7 Å². The van der Waals surface area contributed by atoms with Crippen LogP contribution in [0.15, 0.2) is 48.5 Å². The van der Waals surface area contributed by atoms with Gasteiger partial charge in [-0.15, -0.1) is 11.8 Å². The van der Waals surface area contributed by atoms with Crippen LogP contribution in [0.5, 0.6) is 0 Å². The first-order valence-corrected chi connectivity index (χ1v) is 10.1. The fourth-order valence-corrected chi connectivity index (χ4v) is 4.66. The summed E-state index contributed by atoms with van der Waals surface area (Å²) in [7, 11) is 0. The molecule has 0 unspecified atom stereocenters. The van der Waals surface area contributed by atoms with Crippen molar-refractivity contribution >= 4 is 23.6 Å². The fourth-order valence-electron chi connectivity index (χ4n) is 3.24. The number of amides is 2. The normalized spacial score (nSPS) is 21.9. The number of hydrogen-bond acceptors (Lipinski definition) is 3. The Morgan fingerprint density at radius 1 is 1.15 bits per heavy atom. The maximum absolute atomic E-state index is 13.8. The number of nitrogens with one attached hydrogen (secondary N) is 1. The van der Waals surface area contributed by atoms with Crippen LogP contribution >= 0.6 is 11.8 Å². The van der Waals surface area contributed by atoms with Gasteiger partial charge in [0, 0.05) is 17.4 Å². The van der Waals surface area contributed by atoms with E-state index in [1.54, 1.807) is 29.2 Å². The van der Waals surface area contributed by atoms with Gasteiger partial charge in [0.05, 0.1) is 0 Å². The molecule has 1 N–H and O–H groups in total. The Balaban J connectivity index is 1.67. The van der Waals surface area contributed by atoms with Gasteiger partial charge in [-0.2, -0.15) is 0 Å². The van der Waals surface area contributed by atoms with E-state index in [2.05, 4.69) is 5.32 Å². The monoisotopic (exact) mass is 384 g/mol. The zero-order valence-electron chi connectivity index (χ0n) is 15.0. The minimum Gasteiger partial charge on any atom is -0.352 e. The average molecular weight is 384 g/mol. The third-order valence-corrected chi connectivity index (χ3v) is 6.22. The van der Waals surface area contributed by atoms with Crippen molar-refractivity contribution in [2.24, 2.45) is 0 Å². The Kier molecular flexibility index (Phi) is 4.91. The predicted octanol–water partition coefficient (Wildman–Crippen LogP) is 3.67. The maximum atomic E-state index is 13.8. The van der Waals surface area contributed by atoms with Crippen molar-refractivity contribution in [3.8, 4) is 0 Å². The van der Waals surface area contributed by atoms with Gasteiger partial charge in [0.1, 0.15) is 17.2 Å². The number of rotatable bonds is 4. The molecular weight excluding hydrogens is 363 g/mol. The van der Waals surface area contributed by atoms with Crippen LogP contribution in [0, 0.1) is 12.7 Å². The van der Waals surface area contributed by atoms with E-state index in [1.165, 1.54) is 23.9 Å². The topological polar surface area (TPSA) is 49.4 Å². The quantitative estimate of drug-likeness (QED) is 0.875. The summed E-state index contributed by atoms with van der Waals surface area (Å²) in [5.74, 6) is -0.173. The molecule has 6 heteroatoms. The van der Waals surface area contributed by atoms with Crippen LogP contribution in [0.25, 0.3) is 0 Å². The highest BCUT2D eigenvalue weighted by Crippen LogP contribution is 2.42. The summed E-state index contributed by atoms with van der Waals surface area (Å²) in [6.07, 6.45) is 1.98. The van der Waals surface area contributed by atoms with E-state index < -0.39 is 6.04 Å². The first kappa shape index (κ1) is 18.0. The molecule has 4 nitrogen and oxygen atoms in total. The first-order valence-electron chi connectivity index (χ1n) is 9.10. The zero-order chi connectivity index (χ0) is 19.0. The lowest BCUT2D eigenvalue weighted by molar-refractivity contribution is -0.125. The second kappa shape index (κ2) is 7.35. The third-order valence-electron chi connectivity index (χ3n) is 4.89. The Hall–Kier alpha value is -2.34. The lowest BCUT2D eigenvalue weighted by Crippen LogP contribution is -2.48.